The SMILES string of the molecule is c1ccc(-c2ccccc2N(c2ccc(-c3cc4ccccc4c4ccccc34)cc2)c2ccc(-c3cccc4sc5cc6ccccc6cc5c34)cc2)cc1. The molecule has 0 saturated carbocycles. The zero-order valence-corrected chi connectivity index (χ0v) is 31.4. The molecule has 0 fully saturated rings. The maximum Gasteiger partial charge on any atom is 0.0540 e. The molecule has 0 unspecified atom stereocenters. The third kappa shape index (κ3) is 5.46. The average molecular weight is 730 g/mol. The van der Waals surface area contributed by atoms with Crippen LogP contribution in [0.2, 0.25) is 0 Å². The lowest BCUT2D eigenvalue weighted by Gasteiger charge is -2.28. The molecule has 0 N–H and O–H groups in total. The summed E-state index contributed by atoms with van der Waals surface area (Å²) in [5.41, 5.74) is 10.6. The van der Waals surface area contributed by atoms with Gasteiger partial charge in [-0.2, -0.15) is 0 Å². The first-order chi connectivity index (χ1) is 27.8. The van der Waals surface area contributed by atoms with Gasteiger partial charge in [-0.15, -0.1) is 11.3 Å². The number of nitrogens with zero attached hydrogens (tertiary/aromatic N) is 1. The lowest BCUT2D eigenvalue weighted by atomic mass is 9.93. The monoisotopic (exact) mass is 729 g/mol. The highest BCUT2D eigenvalue weighted by Gasteiger charge is 2.19. The first-order valence-corrected chi connectivity index (χ1v) is 20.0. The van der Waals surface area contributed by atoms with Gasteiger partial charge in [-0.05, 0) is 115 Å². The molecular formula is C54H35NS. The Morgan fingerprint density at radius 1 is 0.304 bits per heavy atom. The third-order valence-corrected chi connectivity index (χ3v) is 12.4. The number of hydrogen-bond donors (Lipinski definition) is 0. The summed E-state index contributed by atoms with van der Waals surface area (Å²) >= 11 is 1.88. The van der Waals surface area contributed by atoms with Gasteiger partial charge in [0.25, 0.3) is 0 Å². The number of thiophene rings is 1. The van der Waals surface area contributed by atoms with E-state index in [-0.39, 0.29) is 0 Å². The second kappa shape index (κ2) is 13.4. The maximum atomic E-state index is 2.40. The van der Waals surface area contributed by atoms with Crippen molar-refractivity contribution >= 4 is 80.9 Å². The van der Waals surface area contributed by atoms with Crippen LogP contribution in [0.5, 0.6) is 0 Å². The molecular weight excluding hydrogens is 695 g/mol. The topological polar surface area (TPSA) is 3.24 Å². The van der Waals surface area contributed by atoms with Crippen LogP contribution in [0, 0.1) is 0 Å². The average Bonchev–Trinajstić information content (AvgIpc) is 3.64. The van der Waals surface area contributed by atoms with Crippen molar-refractivity contribution in [2.75, 3.05) is 4.90 Å². The fraction of sp³-hybridized carbons (Fsp3) is 0. The summed E-state index contributed by atoms with van der Waals surface area (Å²) in [5, 5.41) is 10.3. The van der Waals surface area contributed by atoms with Gasteiger partial charge in [0.05, 0.1) is 5.69 Å². The van der Waals surface area contributed by atoms with Crippen LogP contribution in [-0.4, -0.2) is 0 Å². The van der Waals surface area contributed by atoms with Gasteiger partial charge in [-0.3, -0.25) is 0 Å². The lowest BCUT2D eigenvalue weighted by molar-refractivity contribution is 1.28. The maximum absolute atomic E-state index is 2.40. The van der Waals surface area contributed by atoms with Crippen molar-refractivity contribution in [3.05, 3.63) is 212 Å². The molecule has 0 aliphatic rings. The largest absolute Gasteiger partial charge is 0.310 e. The summed E-state index contributed by atoms with van der Waals surface area (Å²) in [6.07, 6.45) is 0. The van der Waals surface area contributed by atoms with Crippen molar-refractivity contribution in [1.29, 1.82) is 0 Å². The van der Waals surface area contributed by atoms with Gasteiger partial charge in [0.2, 0.25) is 0 Å². The van der Waals surface area contributed by atoms with Crippen LogP contribution in [-0.2, 0) is 0 Å². The fourth-order valence-electron chi connectivity index (χ4n) is 8.58. The smallest absolute Gasteiger partial charge is 0.0540 e. The molecule has 0 saturated heterocycles. The molecule has 262 valence electrons. The summed E-state index contributed by atoms with van der Waals surface area (Å²) in [4.78, 5) is 2.40. The first-order valence-electron chi connectivity index (χ1n) is 19.2. The Morgan fingerprint density at radius 2 is 0.857 bits per heavy atom. The van der Waals surface area contributed by atoms with E-state index in [0.29, 0.717) is 0 Å². The van der Waals surface area contributed by atoms with Crippen LogP contribution in [0.3, 0.4) is 0 Å². The van der Waals surface area contributed by atoms with Crippen molar-refractivity contribution in [3.63, 3.8) is 0 Å². The molecule has 11 aromatic rings. The molecule has 0 radical (unpaired) electrons. The number of anilines is 3. The molecule has 0 bridgehead atoms. The molecule has 2 heteroatoms. The molecule has 11 rings (SSSR count). The van der Waals surface area contributed by atoms with E-state index >= 15 is 0 Å². The summed E-state index contributed by atoms with van der Waals surface area (Å²) in [7, 11) is 0. The van der Waals surface area contributed by atoms with Crippen molar-refractivity contribution in [2.24, 2.45) is 0 Å². The molecule has 0 aliphatic heterocycles. The summed E-state index contributed by atoms with van der Waals surface area (Å²) in [6.45, 7) is 0. The molecule has 10 aromatic carbocycles. The Kier molecular flexibility index (Phi) is 7.75. The van der Waals surface area contributed by atoms with Gasteiger partial charge < -0.3 is 4.90 Å². The minimum Gasteiger partial charge on any atom is -0.310 e. The Labute approximate surface area is 330 Å². The molecule has 1 heterocycles. The van der Waals surface area contributed by atoms with Crippen LogP contribution >= 0.6 is 11.3 Å². The van der Waals surface area contributed by atoms with Gasteiger partial charge in [-0.1, -0.05) is 158 Å². The zero-order valence-electron chi connectivity index (χ0n) is 30.6. The number of para-hydroxylation sites is 1. The first kappa shape index (κ1) is 32.4. The predicted molar refractivity (Wildman–Crippen MR) is 243 cm³/mol. The van der Waals surface area contributed by atoms with Gasteiger partial charge in [0.1, 0.15) is 0 Å². The number of rotatable bonds is 6. The molecule has 0 atom stereocenters. The van der Waals surface area contributed by atoms with Gasteiger partial charge in [-0.25, -0.2) is 0 Å². The number of benzene rings is 10. The molecule has 1 aromatic heterocycles. The Balaban J connectivity index is 1.05. The third-order valence-electron chi connectivity index (χ3n) is 11.2. The minimum atomic E-state index is 1.10. The second-order valence-corrected chi connectivity index (χ2v) is 15.6. The van der Waals surface area contributed by atoms with Gasteiger partial charge in [0, 0.05) is 37.1 Å². The number of fused-ring (bicyclic) bond motifs is 7. The van der Waals surface area contributed by atoms with E-state index < -0.39 is 0 Å². The Morgan fingerprint density at radius 3 is 1.61 bits per heavy atom. The van der Waals surface area contributed by atoms with Crippen LogP contribution in [0.25, 0.3) is 85.9 Å². The summed E-state index contributed by atoms with van der Waals surface area (Å²) < 4.78 is 2.64. The molecule has 0 spiro atoms. The van der Waals surface area contributed by atoms with Crippen LogP contribution < -0.4 is 4.90 Å². The predicted octanol–water partition coefficient (Wildman–Crippen LogP) is 16.0. The molecule has 56 heavy (non-hydrogen) atoms. The highest BCUT2D eigenvalue weighted by atomic mass is 32.1. The van der Waals surface area contributed by atoms with Crippen molar-refractivity contribution in [3.8, 4) is 33.4 Å². The zero-order chi connectivity index (χ0) is 37.0. The van der Waals surface area contributed by atoms with E-state index in [1.165, 1.54) is 85.9 Å². The van der Waals surface area contributed by atoms with Crippen molar-refractivity contribution in [2.45, 2.75) is 0 Å². The molecule has 0 aliphatic carbocycles. The Bertz CT molecular complexity index is 3230. The fourth-order valence-corrected chi connectivity index (χ4v) is 9.75. The van der Waals surface area contributed by atoms with Crippen molar-refractivity contribution in [1.82, 2.24) is 0 Å². The molecule has 0 amide bonds. The highest BCUT2D eigenvalue weighted by Crippen LogP contribution is 2.45. The van der Waals surface area contributed by atoms with E-state index in [2.05, 4.69) is 217 Å². The normalized spacial score (nSPS) is 11.6. The van der Waals surface area contributed by atoms with Crippen molar-refractivity contribution < 1.29 is 0 Å². The van der Waals surface area contributed by atoms with Gasteiger partial charge >= 0.3 is 0 Å². The van der Waals surface area contributed by atoms with Crippen LogP contribution in [0.4, 0.5) is 17.1 Å². The molecule has 1 nitrogen and oxygen atoms in total. The Hall–Kier alpha value is -7.00. The quantitative estimate of drug-likeness (QED) is 0.154. The number of hydrogen-bond acceptors (Lipinski definition) is 2. The van der Waals surface area contributed by atoms with E-state index in [4.69, 9.17) is 0 Å². The van der Waals surface area contributed by atoms with E-state index in [0.717, 1.165) is 17.1 Å². The van der Waals surface area contributed by atoms with E-state index in [1.807, 2.05) is 11.3 Å². The summed E-state index contributed by atoms with van der Waals surface area (Å²) in [5.74, 6) is 0. The van der Waals surface area contributed by atoms with Crippen LogP contribution in [0.15, 0.2) is 212 Å². The minimum absolute atomic E-state index is 1.10. The summed E-state index contributed by atoms with van der Waals surface area (Å²) in [6, 6.07) is 77.7. The van der Waals surface area contributed by atoms with Crippen LogP contribution in [0.1, 0.15) is 0 Å². The van der Waals surface area contributed by atoms with E-state index in [9.17, 15) is 0 Å². The van der Waals surface area contributed by atoms with Gasteiger partial charge in [0.15, 0.2) is 0 Å². The highest BCUT2D eigenvalue weighted by molar-refractivity contribution is 7.26. The second-order valence-electron chi connectivity index (χ2n) is 14.5. The standard InChI is InChI=1S/C54H35NS/c1-2-13-36(14-3-1)45-19-10-11-23-51(45)55(43-31-27-38(28-32-43)49-34-41-17-6-7-18-44(41)47-20-8-9-21-48(47)49)42-29-25-37(26-30-42)46-22-12-24-52-54(46)50-33-39-15-4-5-16-40(39)35-53(50)56-52/h1-35H. The van der Waals surface area contributed by atoms with E-state index in [1.54, 1.807) is 0 Å². The lowest BCUT2D eigenvalue weighted by Crippen LogP contribution is -2.11.